The summed E-state index contributed by atoms with van der Waals surface area (Å²) in [6.45, 7) is 1.58. The van der Waals surface area contributed by atoms with Gasteiger partial charge in [0.1, 0.15) is 5.54 Å². The smallest absolute Gasteiger partial charge is 0.325 e. The third-order valence-corrected chi connectivity index (χ3v) is 3.62. The molecule has 0 bridgehead atoms. The third kappa shape index (κ3) is 2.19. The Morgan fingerprint density at radius 1 is 1.32 bits per heavy atom. The van der Waals surface area contributed by atoms with E-state index in [2.05, 4.69) is 5.32 Å². The van der Waals surface area contributed by atoms with Gasteiger partial charge in [0.05, 0.1) is 13.2 Å². The highest BCUT2D eigenvalue weighted by Gasteiger charge is 2.50. The summed E-state index contributed by atoms with van der Waals surface area (Å²) >= 11 is 5.83. The fourth-order valence-electron chi connectivity index (χ4n) is 2.30. The molecule has 5 nitrogen and oxygen atoms in total. The lowest BCUT2D eigenvalue weighted by Gasteiger charge is -2.25. The third-order valence-electron chi connectivity index (χ3n) is 3.37. The van der Waals surface area contributed by atoms with Gasteiger partial charge in [-0.3, -0.25) is 9.69 Å². The lowest BCUT2D eigenvalue weighted by molar-refractivity contribution is -0.132. The monoisotopic (exact) mass is 282 g/mol. The number of β-amino-alcohol motifs (C(OH)–C–C–N with tert-alkyl or cyclic N) is 1. The van der Waals surface area contributed by atoms with Crippen LogP contribution in [0.15, 0.2) is 24.3 Å². The molecule has 1 unspecified atom stereocenters. The minimum Gasteiger partial charge on any atom is -0.395 e. The van der Waals surface area contributed by atoms with Crippen LogP contribution in [0, 0.1) is 0 Å². The molecule has 1 atom stereocenters. The summed E-state index contributed by atoms with van der Waals surface area (Å²) in [7, 11) is 0. The number of carbonyl (C=O) groups excluding carboxylic acids is 2. The molecule has 0 saturated carbocycles. The van der Waals surface area contributed by atoms with Crippen LogP contribution < -0.4 is 5.32 Å². The topological polar surface area (TPSA) is 69.6 Å². The first-order chi connectivity index (χ1) is 9.05. The summed E-state index contributed by atoms with van der Waals surface area (Å²) in [6, 6.07) is 6.35. The number of urea groups is 1. The van der Waals surface area contributed by atoms with E-state index in [1.807, 2.05) is 6.92 Å². The highest BCUT2D eigenvalue weighted by molar-refractivity contribution is 6.30. The molecular weight excluding hydrogens is 268 g/mol. The van der Waals surface area contributed by atoms with E-state index in [4.69, 9.17) is 16.7 Å². The summed E-state index contributed by atoms with van der Waals surface area (Å²) in [6.07, 6.45) is 0.432. The molecule has 1 saturated heterocycles. The van der Waals surface area contributed by atoms with Crippen molar-refractivity contribution in [3.8, 4) is 0 Å². The van der Waals surface area contributed by atoms with E-state index in [9.17, 15) is 9.59 Å². The molecule has 0 aromatic heterocycles. The maximum absolute atomic E-state index is 12.4. The summed E-state index contributed by atoms with van der Waals surface area (Å²) in [5, 5.41) is 12.2. The number of rotatable bonds is 4. The zero-order valence-corrected chi connectivity index (χ0v) is 11.3. The Morgan fingerprint density at radius 3 is 2.47 bits per heavy atom. The molecule has 2 rings (SSSR count). The molecule has 6 heteroatoms. The number of hydrogen-bond donors (Lipinski definition) is 2. The molecule has 1 aliphatic rings. The van der Waals surface area contributed by atoms with Crippen LogP contribution in [0.1, 0.15) is 18.9 Å². The maximum atomic E-state index is 12.4. The van der Waals surface area contributed by atoms with Crippen LogP contribution >= 0.6 is 11.6 Å². The number of carbonyl (C=O) groups is 2. The lowest BCUT2D eigenvalue weighted by atomic mass is 9.87. The van der Waals surface area contributed by atoms with Crippen molar-refractivity contribution in [3.05, 3.63) is 34.9 Å². The molecule has 3 amide bonds. The highest BCUT2D eigenvalue weighted by Crippen LogP contribution is 2.32. The second kappa shape index (κ2) is 5.19. The van der Waals surface area contributed by atoms with Gasteiger partial charge in [0.15, 0.2) is 0 Å². The van der Waals surface area contributed by atoms with E-state index in [1.54, 1.807) is 24.3 Å². The van der Waals surface area contributed by atoms with Crippen LogP contribution in [0.2, 0.25) is 5.02 Å². The Labute approximate surface area is 116 Å². The molecule has 1 aromatic rings. The van der Waals surface area contributed by atoms with E-state index in [0.717, 1.165) is 4.90 Å². The summed E-state index contributed by atoms with van der Waals surface area (Å²) in [4.78, 5) is 25.3. The average molecular weight is 283 g/mol. The standard InChI is InChI=1S/C13H15ClN2O3/c1-2-13(9-3-5-10(14)6-4-9)11(18)16(7-8-17)12(19)15-13/h3-6,17H,2,7-8H2,1H3,(H,15,19). The SMILES string of the molecule is CCC1(c2ccc(Cl)cc2)NC(=O)N(CCO)C1=O. The van der Waals surface area contributed by atoms with Crippen molar-refractivity contribution in [3.63, 3.8) is 0 Å². The second-order valence-corrected chi connectivity index (χ2v) is 4.81. The predicted molar refractivity (Wildman–Crippen MR) is 70.8 cm³/mol. The number of nitrogens with zero attached hydrogens (tertiary/aromatic N) is 1. The Kier molecular flexibility index (Phi) is 3.78. The largest absolute Gasteiger partial charge is 0.395 e. The van der Waals surface area contributed by atoms with Crippen LogP contribution in [0.25, 0.3) is 0 Å². The molecule has 0 radical (unpaired) electrons. The van der Waals surface area contributed by atoms with Crippen LogP contribution in [-0.4, -0.2) is 35.1 Å². The minimum atomic E-state index is -1.06. The van der Waals surface area contributed by atoms with E-state index >= 15 is 0 Å². The highest BCUT2D eigenvalue weighted by atomic mass is 35.5. The van der Waals surface area contributed by atoms with E-state index in [0.29, 0.717) is 17.0 Å². The fourth-order valence-corrected chi connectivity index (χ4v) is 2.43. The van der Waals surface area contributed by atoms with Crippen molar-refractivity contribution in [2.75, 3.05) is 13.2 Å². The van der Waals surface area contributed by atoms with Crippen molar-refractivity contribution in [2.24, 2.45) is 0 Å². The molecule has 0 spiro atoms. The van der Waals surface area contributed by atoms with Gasteiger partial charge >= 0.3 is 6.03 Å². The number of imide groups is 1. The summed E-state index contributed by atoms with van der Waals surface area (Å²) in [5.41, 5.74) is -0.366. The molecule has 1 heterocycles. The molecule has 0 aliphatic carbocycles. The van der Waals surface area contributed by atoms with Crippen molar-refractivity contribution in [1.29, 1.82) is 0 Å². The lowest BCUT2D eigenvalue weighted by Crippen LogP contribution is -2.43. The van der Waals surface area contributed by atoms with Crippen molar-refractivity contribution in [2.45, 2.75) is 18.9 Å². The van der Waals surface area contributed by atoms with Gasteiger partial charge in [0, 0.05) is 5.02 Å². The van der Waals surface area contributed by atoms with Crippen molar-refractivity contribution < 1.29 is 14.7 Å². The molecular formula is C13H15ClN2O3. The number of hydrogen-bond acceptors (Lipinski definition) is 3. The zero-order valence-electron chi connectivity index (χ0n) is 10.5. The number of nitrogens with one attached hydrogen (secondary N) is 1. The van der Waals surface area contributed by atoms with E-state index in [-0.39, 0.29) is 19.1 Å². The fraction of sp³-hybridized carbons (Fsp3) is 0.385. The Bertz CT molecular complexity index is 503. The van der Waals surface area contributed by atoms with Gasteiger partial charge in [0.25, 0.3) is 5.91 Å². The molecule has 1 fully saturated rings. The van der Waals surface area contributed by atoms with Gasteiger partial charge in [-0.25, -0.2) is 4.79 Å². The molecule has 1 aromatic carbocycles. The summed E-state index contributed by atoms with van der Waals surface area (Å²) < 4.78 is 0. The maximum Gasteiger partial charge on any atom is 0.325 e. The number of aliphatic hydroxyl groups excluding tert-OH is 1. The minimum absolute atomic E-state index is 0.00000636. The van der Waals surface area contributed by atoms with Gasteiger partial charge in [-0.15, -0.1) is 0 Å². The number of amides is 3. The average Bonchev–Trinajstić information content (AvgIpc) is 2.65. The zero-order chi connectivity index (χ0) is 14.0. The van der Waals surface area contributed by atoms with E-state index < -0.39 is 11.6 Å². The summed E-state index contributed by atoms with van der Waals surface area (Å²) in [5.74, 6) is -0.337. The first-order valence-electron chi connectivity index (χ1n) is 6.06. The van der Waals surface area contributed by atoms with Crippen LogP contribution in [0.4, 0.5) is 4.79 Å². The Morgan fingerprint density at radius 2 is 1.95 bits per heavy atom. The van der Waals surface area contributed by atoms with Gasteiger partial charge in [-0.1, -0.05) is 30.7 Å². The molecule has 19 heavy (non-hydrogen) atoms. The number of benzene rings is 1. The van der Waals surface area contributed by atoms with Gasteiger partial charge in [-0.2, -0.15) is 0 Å². The Hall–Kier alpha value is -1.59. The molecule has 2 N–H and O–H groups in total. The quantitative estimate of drug-likeness (QED) is 0.822. The van der Waals surface area contributed by atoms with Gasteiger partial charge in [-0.05, 0) is 24.1 Å². The predicted octanol–water partition coefficient (Wildman–Crippen LogP) is 1.49. The number of halogens is 1. The first-order valence-corrected chi connectivity index (χ1v) is 6.44. The number of aliphatic hydroxyl groups is 1. The normalized spacial score (nSPS) is 22.8. The molecule has 1 aliphatic heterocycles. The van der Waals surface area contributed by atoms with Crippen molar-refractivity contribution in [1.82, 2.24) is 10.2 Å². The molecule has 102 valence electrons. The van der Waals surface area contributed by atoms with Gasteiger partial charge < -0.3 is 10.4 Å². The first kappa shape index (κ1) is 13.8. The second-order valence-electron chi connectivity index (χ2n) is 4.38. The van der Waals surface area contributed by atoms with Crippen molar-refractivity contribution >= 4 is 23.5 Å². The van der Waals surface area contributed by atoms with E-state index in [1.165, 1.54) is 0 Å². The van der Waals surface area contributed by atoms with Gasteiger partial charge in [0.2, 0.25) is 0 Å². The van der Waals surface area contributed by atoms with Crippen LogP contribution in [-0.2, 0) is 10.3 Å². The van der Waals surface area contributed by atoms with Crippen LogP contribution in [0.5, 0.6) is 0 Å². The Balaban J connectivity index is 2.41. The van der Waals surface area contributed by atoms with Crippen LogP contribution in [0.3, 0.4) is 0 Å².